The number of benzene rings is 1. The van der Waals surface area contributed by atoms with Gasteiger partial charge in [0.2, 0.25) is 0 Å². The highest BCUT2D eigenvalue weighted by atomic mass is 35.5. The summed E-state index contributed by atoms with van der Waals surface area (Å²) in [6.07, 6.45) is 0.818. The van der Waals surface area contributed by atoms with E-state index in [-0.39, 0.29) is 14.9 Å². The van der Waals surface area contributed by atoms with Crippen LogP contribution in [0.5, 0.6) is 0 Å². The molecule has 2 aromatic rings. The van der Waals surface area contributed by atoms with Gasteiger partial charge in [0, 0.05) is 4.88 Å². The molecule has 1 aromatic carbocycles. The maximum atomic E-state index is 12.1. The Morgan fingerprint density at radius 2 is 1.91 bits per heavy atom. The highest BCUT2D eigenvalue weighted by molar-refractivity contribution is 7.89. The van der Waals surface area contributed by atoms with Crippen molar-refractivity contribution in [3.63, 3.8) is 0 Å². The third-order valence-electron chi connectivity index (χ3n) is 3.07. The van der Waals surface area contributed by atoms with Gasteiger partial charge in [-0.15, -0.1) is 16.2 Å². The summed E-state index contributed by atoms with van der Waals surface area (Å²) in [7, 11) is -3.93. The Balaban J connectivity index is 2.11. The van der Waals surface area contributed by atoms with Gasteiger partial charge in [-0.25, -0.2) is 8.42 Å². The van der Waals surface area contributed by atoms with E-state index in [1.54, 1.807) is 6.07 Å². The van der Waals surface area contributed by atoms with Crippen molar-refractivity contribution in [1.82, 2.24) is 10.3 Å². The fourth-order valence-electron chi connectivity index (χ4n) is 1.86. The van der Waals surface area contributed by atoms with Crippen molar-refractivity contribution in [2.24, 2.45) is 0 Å². The fraction of sp³-hybridized carbons (Fsp3) is 0.214. The normalized spacial score (nSPS) is 11.5. The van der Waals surface area contributed by atoms with Crippen molar-refractivity contribution in [2.75, 3.05) is 0 Å². The van der Waals surface area contributed by atoms with E-state index in [1.165, 1.54) is 29.5 Å². The number of hydrogen-bond acceptors (Lipinski definition) is 4. The quantitative estimate of drug-likeness (QED) is 0.763. The van der Waals surface area contributed by atoms with E-state index in [0.717, 1.165) is 16.9 Å². The molecule has 5 nitrogen and oxygen atoms in total. The van der Waals surface area contributed by atoms with Crippen LogP contribution in [0.4, 0.5) is 0 Å². The van der Waals surface area contributed by atoms with E-state index in [1.807, 2.05) is 18.7 Å². The van der Waals surface area contributed by atoms with Gasteiger partial charge in [-0.1, -0.05) is 30.1 Å². The highest BCUT2D eigenvalue weighted by Gasteiger charge is 2.18. The molecule has 2 rings (SSSR count). The Bertz CT molecular complexity index is 848. The molecule has 0 fully saturated rings. The molecule has 2 N–H and O–H groups in total. The number of sulfonamides is 1. The molecule has 0 aliphatic carbocycles. The molecule has 1 heterocycles. The lowest BCUT2D eigenvalue weighted by atomic mass is 10.2. The lowest BCUT2D eigenvalue weighted by Gasteiger charge is -2.08. The van der Waals surface area contributed by atoms with E-state index in [9.17, 15) is 13.2 Å². The Morgan fingerprint density at radius 1 is 1.22 bits per heavy atom. The average molecular weight is 393 g/mol. The number of aryl methyl sites for hydroxylation is 2. The van der Waals surface area contributed by atoms with Crippen LogP contribution in [0.1, 0.15) is 27.0 Å². The molecule has 0 bridgehead atoms. The van der Waals surface area contributed by atoms with E-state index < -0.39 is 15.9 Å². The van der Waals surface area contributed by atoms with Gasteiger partial charge >= 0.3 is 0 Å². The third kappa shape index (κ3) is 4.24. The summed E-state index contributed by atoms with van der Waals surface area (Å²) in [4.78, 5) is 15.5. The van der Waals surface area contributed by atoms with Crippen LogP contribution < -0.4 is 10.3 Å². The first kappa shape index (κ1) is 18.2. The van der Waals surface area contributed by atoms with Gasteiger partial charge in [0.1, 0.15) is 0 Å². The molecular formula is C14H14Cl2N2O3S2. The van der Waals surface area contributed by atoms with Crippen LogP contribution in [0, 0.1) is 6.92 Å². The van der Waals surface area contributed by atoms with Crippen molar-refractivity contribution < 1.29 is 13.2 Å². The predicted octanol–water partition coefficient (Wildman–Crippen LogP) is 3.55. The SMILES string of the molecule is CCc1sc(C(=O)NNS(=O)(=O)c2ccc(Cl)c(Cl)c2)cc1C. The van der Waals surface area contributed by atoms with Crippen LogP contribution in [0.3, 0.4) is 0 Å². The highest BCUT2D eigenvalue weighted by Crippen LogP contribution is 2.25. The fourth-order valence-corrected chi connectivity index (χ4v) is 4.10. The van der Waals surface area contributed by atoms with Crippen LogP contribution >= 0.6 is 34.5 Å². The van der Waals surface area contributed by atoms with E-state index in [0.29, 0.717) is 4.88 Å². The number of carbonyl (C=O) groups excluding carboxylic acids is 1. The molecular weight excluding hydrogens is 379 g/mol. The summed E-state index contributed by atoms with van der Waals surface area (Å²) in [6.45, 7) is 3.90. The minimum absolute atomic E-state index is 0.0937. The van der Waals surface area contributed by atoms with Gasteiger partial charge < -0.3 is 0 Å². The zero-order valence-electron chi connectivity index (χ0n) is 12.3. The lowest BCUT2D eigenvalue weighted by molar-refractivity contribution is 0.0949. The summed E-state index contributed by atoms with van der Waals surface area (Å²) in [6, 6.07) is 5.61. The Morgan fingerprint density at radius 3 is 2.48 bits per heavy atom. The predicted molar refractivity (Wildman–Crippen MR) is 92.7 cm³/mol. The molecule has 0 radical (unpaired) electrons. The van der Waals surface area contributed by atoms with Gasteiger partial charge in [-0.05, 0) is 43.2 Å². The molecule has 0 saturated carbocycles. The zero-order chi connectivity index (χ0) is 17.2. The van der Waals surface area contributed by atoms with Crippen LogP contribution in [-0.2, 0) is 16.4 Å². The summed E-state index contributed by atoms with van der Waals surface area (Å²) in [5.41, 5.74) is 3.20. The molecule has 0 aliphatic heterocycles. The molecule has 0 atom stereocenters. The number of amides is 1. The van der Waals surface area contributed by atoms with Crippen molar-refractivity contribution in [3.8, 4) is 0 Å². The second-order valence-corrected chi connectivity index (χ2v) is 8.34. The molecule has 124 valence electrons. The molecule has 23 heavy (non-hydrogen) atoms. The van der Waals surface area contributed by atoms with Gasteiger partial charge in [-0.2, -0.15) is 0 Å². The molecule has 0 saturated heterocycles. The third-order valence-corrected chi connectivity index (χ3v) is 6.43. The second kappa shape index (κ2) is 7.19. The van der Waals surface area contributed by atoms with Gasteiger partial charge in [-0.3, -0.25) is 10.2 Å². The van der Waals surface area contributed by atoms with Gasteiger partial charge in [0.25, 0.3) is 15.9 Å². The van der Waals surface area contributed by atoms with Crippen LogP contribution in [0.25, 0.3) is 0 Å². The Kier molecular flexibility index (Phi) is 5.70. The minimum atomic E-state index is -3.93. The number of hydrazine groups is 1. The zero-order valence-corrected chi connectivity index (χ0v) is 15.5. The summed E-state index contributed by atoms with van der Waals surface area (Å²) in [5, 5.41) is 0.359. The molecule has 0 unspecified atom stereocenters. The number of thiophene rings is 1. The molecule has 0 aliphatic rings. The largest absolute Gasteiger partial charge is 0.276 e. The Labute approximate surface area is 148 Å². The van der Waals surface area contributed by atoms with Crippen molar-refractivity contribution in [1.29, 1.82) is 0 Å². The Hall–Kier alpha value is -1.12. The van der Waals surface area contributed by atoms with E-state index >= 15 is 0 Å². The van der Waals surface area contributed by atoms with Crippen LogP contribution in [-0.4, -0.2) is 14.3 Å². The molecule has 1 aromatic heterocycles. The number of halogens is 2. The first-order chi connectivity index (χ1) is 10.7. The van der Waals surface area contributed by atoms with Crippen LogP contribution in [0.15, 0.2) is 29.2 Å². The number of carbonyl (C=O) groups is 1. The lowest BCUT2D eigenvalue weighted by Crippen LogP contribution is -2.41. The van der Waals surface area contributed by atoms with Gasteiger partial charge in [0.05, 0.1) is 19.8 Å². The topological polar surface area (TPSA) is 75.3 Å². The molecule has 1 amide bonds. The van der Waals surface area contributed by atoms with E-state index in [4.69, 9.17) is 23.2 Å². The minimum Gasteiger partial charge on any atom is -0.273 e. The average Bonchev–Trinajstić information content (AvgIpc) is 2.88. The molecule has 9 heteroatoms. The number of nitrogens with one attached hydrogen (secondary N) is 2. The standard InChI is InChI=1S/C14H14Cl2N2O3S2/c1-3-12-8(2)6-13(22-12)14(19)17-18-23(20,21)9-4-5-10(15)11(16)7-9/h4-7,18H,3H2,1-2H3,(H,17,19). The van der Waals surface area contributed by atoms with Crippen molar-refractivity contribution >= 4 is 50.5 Å². The monoisotopic (exact) mass is 392 g/mol. The maximum absolute atomic E-state index is 12.1. The first-order valence-electron chi connectivity index (χ1n) is 6.61. The smallest absolute Gasteiger partial charge is 0.273 e. The summed E-state index contributed by atoms with van der Waals surface area (Å²) >= 11 is 12.9. The summed E-state index contributed by atoms with van der Waals surface area (Å²) < 4.78 is 24.3. The van der Waals surface area contributed by atoms with Gasteiger partial charge in [0.15, 0.2) is 0 Å². The van der Waals surface area contributed by atoms with Crippen LogP contribution in [0.2, 0.25) is 10.0 Å². The van der Waals surface area contributed by atoms with Crippen molar-refractivity contribution in [2.45, 2.75) is 25.2 Å². The molecule has 0 spiro atoms. The second-order valence-electron chi connectivity index (χ2n) is 4.71. The van der Waals surface area contributed by atoms with E-state index in [2.05, 4.69) is 5.43 Å². The van der Waals surface area contributed by atoms with Crippen molar-refractivity contribution in [3.05, 3.63) is 49.6 Å². The summed E-state index contributed by atoms with van der Waals surface area (Å²) in [5.74, 6) is -0.513. The number of rotatable bonds is 5. The number of hydrogen-bond donors (Lipinski definition) is 2. The maximum Gasteiger partial charge on any atom is 0.276 e. The first-order valence-corrected chi connectivity index (χ1v) is 9.66.